The van der Waals surface area contributed by atoms with Gasteiger partial charge in [-0.15, -0.1) is 0 Å². The average Bonchev–Trinajstić information content (AvgIpc) is 3.26. The smallest absolute Gasteiger partial charge is 0.457 e. The van der Waals surface area contributed by atoms with Crippen molar-refractivity contribution in [2.75, 3.05) is 46.1 Å². The number of phosphoric acid groups is 1. The summed E-state index contributed by atoms with van der Waals surface area (Å²) >= 11 is 0. The molecule has 0 aromatic rings. The molecule has 0 aromatic heterocycles. The fraction of sp³-hybridized carbons (Fsp3) is 0.816. The fourth-order valence-corrected chi connectivity index (χ4v) is 7.77. The normalized spacial score (nSPS) is 21.0. The Hall–Kier alpha value is -1.74. The number of aliphatic hydroxyl groups is 4. The van der Waals surface area contributed by atoms with E-state index in [9.17, 15) is 34.7 Å². The topological polar surface area (TPSA) is 193 Å². The van der Waals surface area contributed by atoms with Gasteiger partial charge in [-0.3, -0.25) is 13.8 Å². The molecular formula is C49H90NO12P. The molecule has 1 aliphatic heterocycles. The first-order valence-electron chi connectivity index (χ1n) is 24.6. The summed E-state index contributed by atoms with van der Waals surface area (Å²) in [6.07, 6.45) is 41.1. The standard InChI is InChI=1S/C49H90NO12P/c1-3-5-7-9-11-13-15-17-19-21-22-24-26-28-30-32-34-36-46(52)62-44(40-58-38-35-33-31-29-27-25-23-20-18-16-14-12-10-8-6-4-2)41-61-63(56,57)60-39-37-50-43-49(55)48(54)47(53)45(51)42-59-49/h11,13,17,19,22,24,28,30,44-45,47-48,50-51,53-55H,3-10,12,14-16,18,20-21,23,25-27,29,31-43H2,1-2H3,(H,56,57)/b13-11-,19-17-,24-22-,30-28-/t44-,45-,47-,48+,49-/m1/s1. The summed E-state index contributed by atoms with van der Waals surface area (Å²) in [5.74, 6) is -2.62. The van der Waals surface area contributed by atoms with E-state index in [0.29, 0.717) is 19.4 Å². The lowest BCUT2D eigenvalue weighted by atomic mass is 9.97. The second kappa shape index (κ2) is 40.5. The maximum atomic E-state index is 12.8. The van der Waals surface area contributed by atoms with Crippen molar-refractivity contribution in [2.45, 2.75) is 211 Å². The lowest BCUT2D eigenvalue weighted by Gasteiger charge is -2.41. The van der Waals surface area contributed by atoms with Crippen molar-refractivity contribution in [3.63, 3.8) is 0 Å². The molecule has 0 spiro atoms. The Bertz CT molecular complexity index is 1250. The van der Waals surface area contributed by atoms with Crippen LogP contribution in [-0.2, 0) is 32.6 Å². The lowest BCUT2D eigenvalue weighted by Crippen LogP contribution is -2.64. The molecule has 0 aliphatic carbocycles. The Kier molecular flexibility index (Phi) is 38.1. The fourth-order valence-electron chi connectivity index (χ4n) is 7.01. The second-order valence-electron chi connectivity index (χ2n) is 16.9. The van der Waals surface area contributed by atoms with E-state index in [1.165, 1.54) is 103 Å². The molecule has 1 fully saturated rings. The Labute approximate surface area is 381 Å². The van der Waals surface area contributed by atoms with Crippen LogP contribution in [0.2, 0.25) is 0 Å². The van der Waals surface area contributed by atoms with Crippen molar-refractivity contribution in [3.05, 3.63) is 48.6 Å². The van der Waals surface area contributed by atoms with E-state index >= 15 is 0 Å². The van der Waals surface area contributed by atoms with Gasteiger partial charge in [0.1, 0.15) is 24.4 Å². The van der Waals surface area contributed by atoms with Crippen molar-refractivity contribution in [2.24, 2.45) is 0 Å². The van der Waals surface area contributed by atoms with E-state index in [-0.39, 0.29) is 39.3 Å². The second-order valence-corrected chi connectivity index (χ2v) is 18.4. The van der Waals surface area contributed by atoms with E-state index in [2.05, 4.69) is 61.7 Å². The Morgan fingerprint density at radius 2 is 1.17 bits per heavy atom. The van der Waals surface area contributed by atoms with Gasteiger partial charge in [-0.25, -0.2) is 4.57 Å². The largest absolute Gasteiger partial charge is 0.472 e. The van der Waals surface area contributed by atoms with E-state index in [1.54, 1.807) is 0 Å². The molecule has 63 heavy (non-hydrogen) atoms. The van der Waals surface area contributed by atoms with Crippen molar-refractivity contribution >= 4 is 13.8 Å². The van der Waals surface area contributed by atoms with Gasteiger partial charge in [0.15, 0.2) is 0 Å². The number of carbonyl (C=O) groups excluding carboxylic acids is 1. The van der Waals surface area contributed by atoms with Crippen LogP contribution >= 0.6 is 7.82 Å². The molecule has 6 N–H and O–H groups in total. The number of ether oxygens (including phenoxy) is 3. The van der Waals surface area contributed by atoms with E-state index in [1.807, 2.05) is 6.08 Å². The highest BCUT2D eigenvalue weighted by Crippen LogP contribution is 2.43. The summed E-state index contributed by atoms with van der Waals surface area (Å²) in [5, 5.41) is 42.7. The summed E-state index contributed by atoms with van der Waals surface area (Å²) in [6.45, 7) is 3.44. The molecule has 0 saturated carbocycles. The van der Waals surface area contributed by atoms with Crippen LogP contribution in [0.1, 0.15) is 181 Å². The zero-order valence-corrected chi connectivity index (χ0v) is 40.2. The molecule has 0 bridgehead atoms. The van der Waals surface area contributed by atoms with Gasteiger partial charge >= 0.3 is 13.8 Å². The number of nitrogens with one attached hydrogen (secondary N) is 1. The molecule has 6 atom stereocenters. The van der Waals surface area contributed by atoms with Gasteiger partial charge < -0.3 is 44.8 Å². The molecule has 13 nitrogen and oxygen atoms in total. The number of hydrogen-bond donors (Lipinski definition) is 6. The van der Waals surface area contributed by atoms with Gasteiger partial charge in [0, 0.05) is 19.6 Å². The van der Waals surface area contributed by atoms with Gasteiger partial charge in [0.2, 0.25) is 5.79 Å². The summed E-state index contributed by atoms with van der Waals surface area (Å²) in [5.41, 5.74) is 0. The zero-order chi connectivity index (χ0) is 46.1. The highest BCUT2D eigenvalue weighted by atomic mass is 31.2. The van der Waals surface area contributed by atoms with Crippen LogP contribution in [0.3, 0.4) is 0 Å². The molecule has 0 amide bonds. The summed E-state index contributed by atoms with van der Waals surface area (Å²) in [4.78, 5) is 23.1. The summed E-state index contributed by atoms with van der Waals surface area (Å²) in [6, 6.07) is 0. The molecule has 1 aliphatic rings. The van der Waals surface area contributed by atoms with Crippen LogP contribution < -0.4 is 5.32 Å². The number of esters is 1. The molecule has 368 valence electrons. The first-order valence-corrected chi connectivity index (χ1v) is 26.1. The number of allylic oxidation sites excluding steroid dienone is 8. The van der Waals surface area contributed by atoms with Crippen LogP contribution in [0.15, 0.2) is 48.6 Å². The van der Waals surface area contributed by atoms with E-state index in [0.717, 1.165) is 44.9 Å². The Balaban J connectivity index is 2.39. The highest BCUT2D eigenvalue weighted by molar-refractivity contribution is 7.47. The van der Waals surface area contributed by atoms with E-state index < -0.39 is 50.6 Å². The monoisotopic (exact) mass is 916 g/mol. The minimum Gasteiger partial charge on any atom is -0.457 e. The molecule has 1 unspecified atom stereocenters. The van der Waals surface area contributed by atoms with Crippen LogP contribution in [0.4, 0.5) is 0 Å². The maximum Gasteiger partial charge on any atom is 0.472 e. The molecule has 14 heteroatoms. The van der Waals surface area contributed by atoms with Gasteiger partial charge in [0.25, 0.3) is 0 Å². The third-order valence-electron chi connectivity index (χ3n) is 11.0. The SMILES string of the molecule is CCCCC/C=C\C/C=C\C/C=C\C/C=C\CCCC(=O)O[C@H](COCCCCCCCCCCCCCCCCCC)COP(=O)(O)OCCNC[C@@]1(O)OC[C@@H](O)[C@@H](O)[C@@H]1O. The van der Waals surface area contributed by atoms with Gasteiger partial charge in [-0.2, -0.15) is 0 Å². The molecule has 0 aromatic carbocycles. The number of rotatable bonds is 43. The number of hydrogen-bond acceptors (Lipinski definition) is 12. The minimum absolute atomic E-state index is 0.00463. The van der Waals surface area contributed by atoms with Gasteiger partial charge in [-0.1, -0.05) is 172 Å². The van der Waals surface area contributed by atoms with Crippen molar-refractivity contribution in [1.29, 1.82) is 0 Å². The third-order valence-corrected chi connectivity index (χ3v) is 12.0. The van der Waals surface area contributed by atoms with Crippen LogP contribution in [0.25, 0.3) is 0 Å². The number of aliphatic hydroxyl groups excluding tert-OH is 3. The summed E-state index contributed by atoms with van der Waals surface area (Å²) in [7, 11) is -4.57. The van der Waals surface area contributed by atoms with Crippen LogP contribution in [-0.4, -0.2) is 108 Å². The molecular weight excluding hydrogens is 826 g/mol. The molecule has 1 rings (SSSR count). The molecule has 1 saturated heterocycles. The quantitative estimate of drug-likeness (QED) is 0.0147. The van der Waals surface area contributed by atoms with Crippen molar-refractivity contribution in [3.8, 4) is 0 Å². The number of phosphoric ester groups is 1. The Morgan fingerprint density at radius 1 is 0.683 bits per heavy atom. The average molecular weight is 916 g/mol. The van der Waals surface area contributed by atoms with Crippen LogP contribution in [0.5, 0.6) is 0 Å². The van der Waals surface area contributed by atoms with Gasteiger partial charge in [-0.05, 0) is 51.4 Å². The number of unbranched alkanes of at least 4 members (excludes halogenated alkanes) is 19. The van der Waals surface area contributed by atoms with Crippen LogP contribution in [0, 0.1) is 0 Å². The third kappa shape index (κ3) is 34.3. The predicted octanol–water partition coefficient (Wildman–Crippen LogP) is 9.85. The predicted molar refractivity (Wildman–Crippen MR) is 252 cm³/mol. The van der Waals surface area contributed by atoms with E-state index in [4.69, 9.17) is 23.3 Å². The molecule has 0 radical (unpaired) electrons. The van der Waals surface area contributed by atoms with Gasteiger partial charge in [0.05, 0.1) is 33.0 Å². The maximum absolute atomic E-state index is 12.8. The molecule has 1 heterocycles. The van der Waals surface area contributed by atoms with Crippen molar-refractivity contribution < 1.29 is 57.9 Å². The first kappa shape index (κ1) is 59.3. The first-order chi connectivity index (χ1) is 30.5. The Morgan fingerprint density at radius 3 is 1.73 bits per heavy atom. The zero-order valence-electron chi connectivity index (χ0n) is 39.3. The van der Waals surface area contributed by atoms with Crippen molar-refractivity contribution in [1.82, 2.24) is 5.32 Å². The highest BCUT2D eigenvalue weighted by Gasteiger charge is 2.48. The lowest BCUT2D eigenvalue weighted by molar-refractivity contribution is -0.317. The summed E-state index contributed by atoms with van der Waals surface area (Å²) < 4.78 is 39.4. The number of carbonyl (C=O) groups is 1. The minimum atomic E-state index is -4.57.